The van der Waals surface area contributed by atoms with Crippen LogP contribution in [0.2, 0.25) is 0 Å². The number of carboxylic acids is 1. The zero-order valence-electron chi connectivity index (χ0n) is 9.63. The summed E-state index contributed by atoms with van der Waals surface area (Å²) < 4.78 is 19.0. The number of aromatic nitrogens is 1. The Kier molecular flexibility index (Phi) is 2.52. The summed E-state index contributed by atoms with van der Waals surface area (Å²) in [7, 11) is 0. The molecule has 0 aliphatic rings. The highest BCUT2D eigenvalue weighted by Crippen LogP contribution is 2.26. The molecule has 0 radical (unpaired) electrons. The maximum atomic E-state index is 13.6. The van der Waals surface area contributed by atoms with Crippen molar-refractivity contribution in [1.29, 1.82) is 0 Å². The first-order valence-corrected chi connectivity index (χ1v) is 5.54. The molecule has 0 saturated heterocycles. The van der Waals surface area contributed by atoms with E-state index in [1.807, 2.05) is 0 Å². The summed E-state index contributed by atoms with van der Waals surface area (Å²) in [6, 6.07) is 10.4. The molecular weight excluding hydrogens is 249 g/mol. The molecule has 19 heavy (non-hydrogen) atoms. The third-order valence-corrected chi connectivity index (χ3v) is 2.74. The average molecular weight is 257 g/mol. The lowest BCUT2D eigenvalue weighted by molar-refractivity contribution is 0.0697. The summed E-state index contributed by atoms with van der Waals surface area (Å²) in [6.07, 6.45) is 0. The van der Waals surface area contributed by atoms with E-state index >= 15 is 0 Å². The van der Waals surface area contributed by atoms with Gasteiger partial charge in [-0.05, 0) is 30.3 Å². The van der Waals surface area contributed by atoms with Crippen molar-refractivity contribution in [2.24, 2.45) is 0 Å². The van der Waals surface area contributed by atoms with Crippen LogP contribution in [0.5, 0.6) is 0 Å². The molecule has 1 aromatic heterocycles. The van der Waals surface area contributed by atoms with E-state index in [2.05, 4.69) is 4.98 Å². The van der Waals surface area contributed by atoms with Crippen LogP contribution in [0.25, 0.3) is 22.6 Å². The third kappa shape index (κ3) is 1.95. The van der Waals surface area contributed by atoms with E-state index in [0.29, 0.717) is 11.1 Å². The van der Waals surface area contributed by atoms with Crippen molar-refractivity contribution in [3.63, 3.8) is 0 Å². The molecule has 1 heterocycles. The Bertz CT molecular complexity index is 779. The SMILES string of the molecule is O=C(O)c1ccc2nc(-c3ccccc3F)oc2c1. The van der Waals surface area contributed by atoms with Crippen molar-refractivity contribution in [2.45, 2.75) is 0 Å². The van der Waals surface area contributed by atoms with Gasteiger partial charge in [-0.15, -0.1) is 0 Å². The van der Waals surface area contributed by atoms with Crippen LogP contribution in [0.3, 0.4) is 0 Å². The van der Waals surface area contributed by atoms with E-state index in [9.17, 15) is 9.18 Å². The zero-order chi connectivity index (χ0) is 13.4. The van der Waals surface area contributed by atoms with Gasteiger partial charge < -0.3 is 9.52 Å². The first-order chi connectivity index (χ1) is 9.15. The molecule has 3 aromatic rings. The fourth-order valence-corrected chi connectivity index (χ4v) is 1.81. The van der Waals surface area contributed by atoms with Gasteiger partial charge in [0.2, 0.25) is 5.89 Å². The molecule has 5 heteroatoms. The predicted molar refractivity (Wildman–Crippen MR) is 66.4 cm³/mol. The van der Waals surface area contributed by atoms with E-state index in [1.54, 1.807) is 18.2 Å². The normalized spacial score (nSPS) is 10.8. The molecule has 0 aliphatic carbocycles. The molecule has 0 unspecified atom stereocenters. The van der Waals surface area contributed by atoms with Gasteiger partial charge in [-0.2, -0.15) is 0 Å². The number of aromatic carboxylic acids is 1. The second-order valence-electron chi connectivity index (χ2n) is 3.99. The molecule has 94 valence electrons. The number of fused-ring (bicyclic) bond motifs is 1. The molecule has 4 nitrogen and oxygen atoms in total. The van der Waals surface area contributed by atoms with Crippen LogP contribution in [-0.4, -0.2) is 16.1 Å². The third-order valence-electron chi connectivity index (χ3n) is 2.74. The van der Waals surface area contributed by atoms with E-state index in [0.717, 1.165) is 0 Å². The Morgan fingerprint density at radius 1 is 1.21 bits per heavy atom. The van der Waals surface area contributed by atoms with E-state index < -0.39 is 11.8 Å². The Balaban J connectivity index is 2.17. The van der Waals surface area contributed by atoms with Crippen LogP contribution in [0.1, 0.15) is 10.4 Å². The topological polar surface area (TPSA) is 63.3 Å². The molecular formula is C14H8FNO3. The van der Waals surface area contributed by atoms with Gasteiger partial charge in [0.25, 0.3) is 0 Å². The summed E-state index contributed by atoms with van der Waals surface area (Å²) in [5.41, 5.74) is 1.15. The lowest BCUT2D eigenvalue weighted by atomic mass is 10.2. The number of oxazole rings is 1. The number of halogens is 1. The van der Waals surface area contributed by atoms with Crippen molar-refractivity contribution in [1.82, 2.24) is 4.98 Å². The highest BCUT2D eigenvalue weighted by molar-refractivity contribution is 5.92. The summed E-state index contributed by atoms with van der Waals surface area (Å²) >= 11 is 0. The lowest BCUT2D eigenvalue weighted by Crippen LogP contribution is -1.94. The van der Waals surface area contributed by atoms with Crippen LogP contribution in [-0.2, 0) is 0 Å². The van der Waals surface area contributed by atoms with Crippen LogP contribution < -0.4 is 0 Å². The molecule has 3 rings (SSSR count). The molecule has 2 aromatic carbocycles. The smallest absolute Gasteiger partial charge is 0.335 e. The summed E-state index contributed by atoms with van der Waals surface area (Å²) in [4.78, 5) is 15.0. The summed E-state index contributed by atoms with van der Waals surface area (Å²) in [5.74, 6) is -1.35. The highest BCUT2D eigenvalue weighted by Gasteiger charge is 2.13. The van der Waals surface area contributed by atoms with E-state index in [4.69, 9.17) is 9.52 Å². The Labute approximate surface area is 107 Å². The van der Waals surface area contributed by atoms with Gasteiger partial charge in [0.05, 0.1) is 11.1 Å². The molecule has 0 saturated carbocycles. The largest absolute Gasteiger partial charge is 0.478 e. The van der Waals surface area contributed by atoms with Crippen LogP contribution in [0, 0.1) is 5.82 Å². The Hall–Kier alpha value is -2.69. The molecule has 0 atom stereocenters. The van der Waals surface area contributed by atoms with Crippen molar-refractivity contribution in [3.05, 3.63) is 53.8 Å². The fourth-order valence-electron chi connectivity index (χ4n) is 1.81. The number of carbonyl (C=O) groups is 1. The molecule has 0 fully saturated rings. The standard InChI is InChI=1S/C14H8FNO3/c15-10-4-2-1-3-9(10)13-16-11-6-5-8(14(17)18)7-12(11)19-13/h1-7H,(H,17,18). The second kappa shape index (κ2) is 4.20. The first-order valence-electron chi connectivity index (χ1n) is 5.54. The monoisotopic (exact) mass is 257 g/mol. The van der Waals surface area contributed by atoms with Crippen molar-refractivity contribution < 1.29 is 18.7 Å². The number of hydrogen-bond donors (Lipinski definition) is 1. The average Bonchev–Trinajstić information content (AvgIpc) is 2.81. The minimum atomic E-state index is -1.05. The maximum Gasteiger partial charge on any atom is 0.335 e. The molecule has 0 aliphatic heterocycles. The van der Waals surface area contributed by atoms with Gasteiger partial charge in [-0.25, -0.2) is 14.2 Å². The molecule has 0 bridgehead atoms. The predicted octanol–water partition coefficient (Wildman–Crippen LogP) is 3.33. The number of nitrogens with zero attached hydrogens (tertiary/aromatic N) is 1. The zero-order valence-corrected chi connectivity index (χ0v) is 9.63. The quantitative estimate of drug-likeness (QED) is 0.764. The van der Waals surface area contributed by atoms with Gasteiger partial charge >= 0.3 is 5.97 Å². The fraction of sp³-hybridized carbons (Fsp3) is 0. The van der Waals surface area contributed by atoms with Crippen molar-refractivity contribution in [3.8, 4) is 11.5 Å². The van der Waals surface area contributed by atoms with E-state index in [-0.39, 0.29) is 17.0 Å². The van der Waals surface area contributed by atoms with Crippen molar-refractivity contribution in [2.75, 3.05) is 0 Å². The van der Waals surface area contributed by atoms with Gasteiger partial charge in [-0.1, -0.05) is 12.1 Å². The van der Waals surface area contributed by atoms with Crippen LogP contribution in [0.4, 0.5) is 4.39 Å². The molecule has 0 amide bonds. The van der Waals surface area contributed by atoms with Gasteiger partial charge in [0.1, 0.15) is 11.3 Å². The number of carboxylic acid groups (broad SMARTS) is 1. The highest BCUT2D eigenvalue weighted by atomic mass is 19.1. The number of benzene rings is 2. The van der Waals surface area contributed by atoms with Crippen LogP contribution in [0.15, 0.2) is 46.9 Å². The van der Waals surface area contributed by atoms with Gasteiger partial charge in [-0.3, -0.25) is 0 Å². The van der Waals surface area contributed by atoms with Crippen LogP contribution >= 0.6 is 0 Å². The van der Waals surface area contributed by atoms with Gasteiger partial charge in [0, 0.05) is 0 Å². The maximum absolute atomic E-state index is 13.6. The van der Waals surface area contributed by atoms with E-state index in [1.165, 1.54) is 24.3 Å². The Morgan fingerprint density at radius 3 is 2.74 bits per heavy atom. The second-order valence-corrected chi connectivity index (χ2v) is 3.99. The van der Waals surface area contributed by atoms with Gasteiger partial charge in [0.15, 0.2) is 5.58 Å². The first kappa shape index (κ1) is 11.4. The Morgan fingerprint density at radius 2 is 2.00 bits per heavy atom. The van der Waals surface area contributed by atoms with Crippen molar-refractivity contribution >= 4 is 17.1 Å². The molecule has 1 N–H and O–H groups in total. The summed E-state index contributed by atoms with van der Waals surface area (Å²) in [6.45, 7) is 0. The minimum Gasteiger partial charge on any atom is -0.478 e. The summed E-state index contributed by atoms with van der Waals surface area (Å²) in [5, 5.41) is 8.89. The number of rotatable bonds is 2. The number of hydrogen-bond acceptors (Lipinski definition) is 3. The minimum absolute atomic E-state index is 0.101. The lowest BCUT2D eigenvalue weighted by Gasteiger charge is -1.95. The molecule has 0 spiro atoms.